The lowest BCUT2D eigenvalue weighted by Crippen LogP contribution is -2.35. The minimum absolute atomic E-state index is 0.0367. The Morgan fingerprint density at radius 3 is 2.59 bits per heavy atom. The number of hydrogen-bond donors (Lipinski definition) is 2. The third kappa shape index (κ3) is 4.43. The van der Waals surface area contributed by atoms with E-state index < -0.39 is 0 Å². The molecule has 1 saturated heterocycles. The molecule has 8 nitrogen and oxygen atoms in total. The summed E-state index contributed by atoms with van der Waals surface area (Å²) in [6.45, 7) is 8.05. The van der Waals surface area contributed by atoms with E-state index in [-0.39, 0.29) is 23.5 Å². The molecule has 34 heavy (non-hydrogen) atoms. The number of aromatic hydroxyl groups is 1. The molecule has 5 rings (SSSR count). The number of carbonyl (C=O) groups is 1. The molecule has 1 fully saturated rings. The van der Waals surface area contributed by atoms with Gasteiger partial charge in [0.25, 0.3) is 5.91 Å². The van der Waals surface area contributed by atoms with Crippen LogP contribution in [0.15, 0.2) is 36.4 Å². The smallest absolute Gasteiger partial charge is 0.289 e. The SMILES string of the molecule is CC(C)NC(=O)c1nnc(-c2ccc3c(c2O)CCC3)n1-c1ccc(CN2CCOCC2)cc1. The number of aromatic nitrogens is 3. The van der Waals surface area contributed by atoms with Gasteiger partial charge in [-0.3, -0.25) is 14.3 Å². The van der Waals surface area contributed by atoms with Gasteiger partial charge in [0.15, 0.2) is 5.82 Å². The number of morpholine rings is 1. The van der Waals surface area contributed by atoms with Crippen LogP contribution in [0.25, 0.3) is 17.1 Å². The molecule has 1 aliphatic heterocycles. The first-order valence-corrected chi connectivity index (χ1v) is 12.0. The Balaban J connectivity index is 1.53. The third-order valence-corrected chi connectivity index (χ3v) is 6.48. The molecular formula is C26H31N5O3. The zero-order valence-corrected chi connectivity index (χ0v) is 19.8. The number of fused-ring (bicyclic) bond motifs is 1. The molecule has 2 heterocycles. The van der Waals surface area contributed by atoms with Gasteiger partial charge in [-0.05, 0) is 68.0 Å². The molecule has 1 amide bonds. The number of carbonyl (C=O) groups excluding carboxylic acids is 1. The molecule has 0 radical (unpaired) electrons. The second-order valence-electron chi connectivity index (χ2n) is 9.32. The van der Waals surface area contributed by atoms with Gasteiger partial charge in [-0.2, -0.15) is 0 Å². The molecule has 1 aliphatic carbocycles. The minimum Gasteiger partial charge on any atom is -0.507 e. The molecule has 2 aliphatic rings. The number of hydrogen-bond acceptors (Lipinski definition) is 6. The summed E-state index contributed by atoms with van der Waals surface area (Å²) < 4.78 is 7.19. The van der Waals surface area contributed by atoms with E-state index in [4.69, 9.17) is 4.74 Å². The minimum atomic E-state index is -0.299. The fourth-order valence-corrected chi connectivity index (χ4v) is 4.77. The average Bonchev–Trinajstić information content (AvgIpc) is 3.48. The van der Waals surface area contributed by atoms with Crippen molar-refractivity contribution in [3.05, 3.63) is 58.9 Å². The first kappa shape index (κ1) is 22.6. The normalized spacial score (nSPS) is 16.1. The predicted molar refractivity (Wildman–Crippen MR) is 129 cm³/mol. The van der Waals surface area contributed by atoms with Crippen molar-refractivity contribution < 1.29 is 14.6 Å². The summed E-state index contributed by atoms with van der Waals surface area (Å²) in [7, 11) is 0. The number of nitrogens with one attached hydrogen (secondary N) is 1. The van der Waals surface area contributed by atoms with Crippen LogP contribution in [0.2, 0.25) is 0 Å². The molecule has 2 aromatic carbocycles. The maximum atomic E-state index is 13.0. The van der Waals surface area contributed by atoms with Crippen molar-refractivity contribution in [2.24, 2.45) is 0 Å². The molecule has 0 atom stereocenters. The van der Waals surface area contributed by atoms with E-state index in [9.17, 15) is 9.90 Å². The first-order chi connectivity index (χ1) is 16.5. The summed E-state index contributed by atoms with van der Waals surface area (Å²) in [5.74, 6) is 0.599. The molecule has 0 bridgehead atoms. The lowest BCUT2D eigenvalue weighted by Gasteiger charge is -2.26. The molecule has 0 spiro atoms. The van der Waals surface area contributed by atoms with E-state index >= 15 is 0 Å². The van der Waals surface area contributed by atoms with Gasteiger partial charge in [0.1, 0.15) is 5.75 Å². The lowest BCUT2D eigenvalue weighted by atomic mass is 10.0. The van der Waals surface area contributed by atoms with Crippen LogP contribution in [0.4, 0.5) is 0 Å². The lowest BCUT2D eigenvalue weighted by molar-refractivity contribution is 0.0342. The van der Waals surface area contributed by atoms with E-state index in [1.165, 1.54) is 11.1 Å². The molecule has 1 aromatic heterocycles. The highest BCUT2D eigenvalue weighted by atomic mass is 16.5. The second-order valence-corrected chi connectivity index (χ2v) is 9.32. The Bertz CT molecular complexity index is 1180. The molecular weight excluding hydrogens is 430 g/mol. The number of phenolic OH excluding ortho intramolecular Hbond substituents is 1. The Morgan fingerprint density at radius 2 is 1.85 bits per heavy atom. The molecule has 3 aromatic rings. The fraction of sp³-hybridized carbons (Fsp3) is 0.423. The third-order valence-electron chi connectivity index (χ3n) is 6.48. The maximum Gasteiger partial charge on any atom is 0.289 e. The van der Waals surface area contributed by atoms with Gasteiger partial charge < -0.3 is 15.2 Å². The number of nitrogens with zero attached hydrogens (tertiary/aromatic N) is 4. The summed E-state index contributed by atoms with van der Waals surface area (Å²) in [5, 5.41) is 22.6. The maximum absolute atomic E-state index is 13.0. The molecule has 8 heteroatoms. The summed E-state index contributed by atoms with van der Waals surface area (Å²) in [4.78, 5) is 15.3. The van der Waals surface area contributed by atoms with Crippen molar-refractivity contribution in [3.8, 4) is 22.8 Å². The topological polar surface area (TPSA) is 92.5 Å². The van der Waals surface area contributed by atoms with Crippen molar-refractivity contribution in [1.29, 1.82) is 0 Å². The Morgan fingerprint density at radius 1 is 1.09 bits per heavy atom. The summed E-state index contributed by atoms with van der Waals surface area (Å²) in [5.41, 5.74) is 4.71. The Hall–Kier alpha value is -3.23. The van der Waals surface area contributed by atoms with Crippen molar-refractivity contribution in [2.45, 2.75) is 45.7 Å². The monoisotopic (exact) mass is 461 g/mol. The van der Waals surface area contributed by atoms with Gasteiger partial charge in [-0.25, -0.2) is 0 Å². The van der Waals surface area contributed by atoms with E-state index in [0.29, 0.717) is 11.4 Å². The summed E-state index contributed by atoms with van der Waals surface area (Å²) in [6, 6.07) is 12.0. The largest absolute Gasteiger partial charge is 0.507 e. The number of benzene rings is 2. The van der Waals surface area contributed by atoms with Crippen LogP contribution in [0, 0.1) is 0 Å². The van der Waals surface area contributed by atoms with E-state index in [1.54, 1.807) is 4.57 Å². The van der Waals surface area contributed by atoms with Crippen molar-refractivity contribution >= 4 is 5.91 Å². The van der Waals surface area contributed by atoms with Crippen LogP contribution in [0.3, 0.4) is 0 Å². The summed E-state index contributed by atoms with van der Waals surface area (Å²) in [6.07, 6.45) is 2.86. The highest BCUT2D eigenvalue weighted by molar-refractivity contribution is 5.92. The van der Waals surface area contributed by atoms with Crippen LogP contribution in [-0.2, 0) is 24.1 Å². The second kappa shape index (κ2) is 9.56. The Labute approximate surface area is 199 Å². The highest BCUT2D eigenvalue weighted by Gasteiger charge is 2.26. The average molecular weight is 462 g/mol. The number of rotatable bonds is 6. The standard InChI is InChI=1S/C26H31N5O3/c1-17(2)27-26(33)25-29-28-24(22-11-8-19-4-3-5-21(19)23(22)32)31(25)20-9-6-18(7-10-20)16-30-12-14-34-15-13-30/h6-11,17,32H,3-5,12-16H2,1-2H3,(H,27,33). The van der Waals surface area contributed by atoms with E-state index in [2.05, 4.69) is 38.6 Å². The van der Waals surface area contributed by atoms with Gasteiger partial charge in [-0.15, -0.1) is 10.2 Å². The number of amides is 1. The van der Waals surface area contributed by atoms with E-state index in [0.717, 1.165) is 63.4 Å². The first-order valence-electron chi connectivity index (χ1n) is 12.0. The van der Waals surface area contributed by atoms with E-state index in [1.807, 2.05) is 32.0 Å². The van der Waals surface area contributed by atoms with Gasteiger partial charge in [-0.1, -0.05) is 18.2 Å². The number of aryl methyl sites for hydroxylation is 1. The van der Waals surface area contributed by atoms with Crippen LogP contribution >= 0.6 is 0 Å². The van der Waals surface area contributed by atoms with Gasteiger partial charge in [0, 0.05) is 31.4 Å². The summed E-state index contributed by atoms with van der Waals surface area (Å²) >= 11 is 0. The zero-order chi connectivity index (χ0) is 23.7. The van der Waals surface area contributed by atoms with Gasteiger partial charge >= 0.3 is 0 Å². The predicted octanol–water partition coefficient (Wildman–Crippen LogP) is 3.10. The Kier molecular flexibility index (Phi) is 6.34. The van der Waals surface area contributed by atoms with Crippen molar-refractivity contribution in [1.82, 2.24) is 25.0 Å². The van der Waals surface area contributed by atoms with Crippen molar-refractivity contribution in [3.63, 3.8) is 0 Å². The fourth-order valence-electron chi connectivity index (χ4n) is 4.77. The highest BCUT2D eigenvalue weighted by Crippen LogP contribution is 2.38. The molecule has 0 saturated carbocycles. The molecule has 178 valence electrons. The van der Waals surface area contributed by atoms with Gasteiger partial charge in [0.05, 0.1) is 18.8 Å². The number of phenols is 1. The quantitative estimate of drug-likeness (QED) is 0.586. The number of ether oxygens (including phenoxy) is 1. The van der Waals surface area contributed by atoms with Crippen LogP contribution in [0.5, 0.6) is 5.75 Å². The molecule has 0 unspecified atom stereocenters. The van der Waals surface area contributed by atoms with Crippen LogP contribution < -0.4 is 5.32 Å². The molecule has 2 N–H and O–H groups in total. The van der Waals surface area contributed by atoms with Crippen molar-refractivity contribution in [2.75, 3.05) is 26.3 Å². The zero-order valence-electron chi connectivity index (χ0n) is 19.8. The van der Waals surface area contributed by atoms with Crippen LogP contribution in [0.1, 0.15) is 47.6 Å². The van der Waals surface area contributed by atoms with Gasteiger partial charge in [0.2, 0.25) is 5.82 Å². The van der Waals surface area contributed by atoms with Crippen LogP contribution in [-0.4, -0.2) is 63.0 Å².